The second kappa shape index (κ2) is 5.19. The summed E-state index contributed by atoms with van der Waals surface area (Å²) in [6.45, 7) is 0. The van der Waals surface area contributed by atoms with Gasteiger partial charge in [-0.2, -0.15) is 13.2 Å². The average molecular weight is 327 g/mol. The van der Waals surface area contributed by atoms with E-state index < -0.39 is 11.7 Å². The number of hydrogen-bond acceptors (Lipinski definition) is 1. The fourth-order valence-corrected chi connectivity index (χ4v) is 2.07. The predicted octanol–water partition coefficient (Wildman–Crippen LogP) is 5.73. The van der Waals surface area contributed by atoms with Gasteiger partial charge in [-0.25, -0.2) is 0 Å². The lowest BCUT2D eigenvalue weighted by atomic mass is 10.1. The molecule has 0 N–H and O–H groups in total. The van der Waals surface area contributed by atoms with Crippen molar-refractivity contribution in [3.05, 3.63) is 51.2 Å². The molecule has 2 aromatic rings. The van der Waals surface area contributed by atoms with Crippen LogP contribution >= 0.6 is 34.8 Å². The van der Waals surface area contributed by atoms with Gasteiger partial charge in [-0.1, -0.05) is 34.8 Å². The molecular formula is C12H5Cl3F3N. The lowest BCUT2D eigenvalue weighted by Crippen LogP contribution is -2.05. The van der Waals surface area contributed by atoms with Gasteiger partial charge in [0.05, 0.1) is 20.6 Å². The van der Waals surface area contributed by atoms with Crippen LogP contribution in [0.15, 0.2) is 30.6 Å². The maximum absolute atomic E-state index is 12.6. The summed E-state index contributed by atoms with van der Waals surface area (Å²) in [6, 6.07) is 3.85. The average Bonchev–Trinajstić information content (AvgIpc) is 2.34. The molecule has 0 saturated heterocycles. The minimum Gasteiger partial charge on any atom is -0.263 e. The first-order chi connectivity index (χ1) is 8.79. The second-order valence-electron chi connectivity index (χ2n) is 3.71. The molecule has 1 nitrogen and oxygen atoms in total. The molecule has 0 radical (unpaired) electrons. The van der Waals surface area contributed by atoms with Gasteiger partial charge in [-0.15, -0.1) is 0 Å². The van der Waals surface area contributed by atoms with Gasteiger partial charge in [0.2, 0.25) is 0 Å². The lowest BCUT2D eigenvalue weighted by molar-refractivity contribution is -0.137. The van der Waals surface area contributed by atoms with Gasteiger partial charge in [0, 0.05) is 18.0 Å². The van der Waals surface area contributed by atoms with Gasteiger partial charge in [0.15, 0.2) is 0 Å². The number of rotatable bonds is 1. The van der Waals surface area contributed by atoms with Crippen LogP contribution in [-0.2, 0) is 6.18 Å². The van der Waals surface area contributed by atoms with Crippen LogP contribution < -0.4 is 0 Å². The van der Waals surface area contributed by atoms with E-state index in [9.17, 15) is 13.2 Å². The Balaban J connectivity index is 2.54. The molecule has 2 rings (SSSR count). The van der Waals surface area contributed by atoms with Gasteiger partial charge >= 0.3 is 6.18 Å². The minimum atomic E-state index is -4.46. The van der Waals surface area contributed by atoms with Crippen LogP contribution in [-0.4, -0.2) is 4.98 Å². The Bertz CT molecular complexity index is 603. The Morgan fingerprint density at radius 1 is 0.842 bits per heavy atom. The highest BCUT2D eigenvalue weighted by molar-refractivity contribution is 6.48. The van der Waals surface area contributed by atoms with Gasteiger partial charge < -0.3 is 0 Å². The molecule has 0 aliphatic rings. The number of aromatic nitrogens is 1. The molecule has 0 spiro atoms. The Morgan fingerprint density at radius 3 is 1.95 bits per heavy atom. The molecule has 7 heteroatoms. The van der Waals surface area contributed by atoms with E-state index in [0.29, 0.717) is 5.56 Å². The molecule has 0 bridgehead atoms. The third-order valence-corrected chi connectivity index (χ3v) is 3.58. The number of pyridine rings is 1. The zero-order valence-electron chi connectivity index (χ0n) is 9.10. The fraction of sp³-hybridized carbons (Fsp3) is 0.0833. The maximum Gasteiger partial charge on any atom is 0.417 e. The number of hydrogen-bond donors (Lipinski definition) is 0. The molecule has 0 aliphatic heterocycles. The second-order valence-corrected chi connectivity index (χ2v) is 4.91. The molecule has 0 atom stereocenters. The van der Waals surface area contributed by atoms with Crippen molar-refractivity contribution >= 4 is 34.8 Å². The van der Waals surface area contributed by atoms with Crippen LogP contribution in [0.1, 0.15) is 5.56 Å². The maximum atomic E-state index is 12.6. The van der Waals surface area contributed by atoms with Crippen molar-refractivity contribution in [2.45, 2.75) is 6.18 Å². The van der Waals surface area contributed by atoms with Crippen molar-refractivity contribution in [2.75, 3.05) is 0 Å². The molecular weight excluding hydrogens is 321 g/mol. The van der Waals surface area contributed by atoms with Crippen molar-refractivity contribution in [1.29, 1.82) is 0 Å². The molecule has 100 valence electrons. The molecule has 1 aromatic carbocycles. The van der Waals surface area contributed by atoms with Crippen molar-refractivity contribution in [1.82, 2.24) is 4.98 Å². The van der Waals surface area contributed by atoms with E-state index in [1.54, 1.807) is 0 Å². The van der Waals surface area contributed by atoms with E-state index >= 15 is 0 Å². The monoisotopic (exact) mass is 325 g/mol. The molecule has 0 fully saturated rings. The summed E-state index contributed by atoms with van der Waals surface area (Å²) in [6.07, 6.45) is -2.41. The van der Waals surface area contributed by atoms with Crippen LogP contribution in [0.5, 0.6) is 0 Å². The minimum absolute atomic E-state index is 0.159. The van der Waals surface area contributed by atoms with E-state index in [2.05, 4.69) is 4.98 Å². The summed E-state index contributed by atoms with van der Waals surface area (Å²) in [4.78, 5) is 3.57. The van der Waals surface area contributed by atoms with Crippen molar-refractivity contribution in [3.8, 4) is 11.1 Å². The normalized spacial score (nSPS) is 11.7. The first-order valence-electron chi connectivity index (χ1n) is 4.96. The summed E-state index contributed by atoms with van der Waals surface area (Å²) < 4.78 is 37.8. The Labute approximate surface area is 121 Å². The highest BCUT2D eigenvalue weighted by Crippen LogP contribution is 2.36. The molecule has 1 aromatic heterocycles. The van der Waals surface area contributed by atoms with Crippen LogP contribution in [0.3, 0.4) is 0 Å². The van der Waals surface area contributed by atoms with E-state index in [0.717, 1.165) is 12.3 Å². The van der Waals surface area contributed by atoms with Crippen molar-refractivity contribution in [3.63, 3.8) is 0 Å². The molecule has 0 unspecified atom stereocenters. The van der Waals surface area contributed by atoms with E-state index in [1.807, 2.05) is 0 Å². The van der Waals surface area contributed by atoms with Crippen LogP contribution in [0.4, 0.5) is 13.2 Å². The summed E-state index contributed by atoms with van der Waals surface area (Å²) >= 11 is 17.5. The zero-order chi connectivity index (χ0) is 14.2. The highest BCUT2D eigenvalue weighted by atomic mass is 35.5. The SMILES string of the molecule is FC(F)(F)c1cncc(-c2cc(Cl)c(Cl)c(Cl)c2)c1. The first kappa shape index (κ1) is 14.4. The van der Waals surface area contributed by atoms with Gasteiger partial charge in [0.1, 0.15) is 0 Å². The van der Waals surface area contributed by atoms with Crippen LogP contribution in [0.2, 0.25) is 15.1 Å². The summed E-state index contributed by atoms with van der Waals surface area (Å²) in [7, 11) is 0. The Kier molecular flexibility index (Phi) is 3.95. The fourth-order valence-electron chi connectivity index (χ4n) is 1.48. The third-order valence-electron chi connectivity index (χ3n) is 2.38. The van der Waals surface area contributed by atoms with Crippen molar-refractivity contribution in [2.24, 2.45) is 0 Å². The molecule has 0 aliphatic carbocycles. The summed E-state index contributed by atoms with van der Waals surface area (Å²) in [5.41, 5.74) is -0.166. The quantitative estimate of drug-likeness (QED) is 0.610. The molecule has 19 heavy (non-hydrogen) atoms. The third kappa shape index (κ3) is 3.14. The predicted molar refractivity (Wildman–Crippen MR) is 69.7 cm³/mol. The van der Waals surface area contributed by atoms with E-state index in [1.165, 1.54) is 18.3 Å². The largest absolute Gasteiger partial charge is 0.417 e. The summed E-state index contributed by atoms with van der Waals surface area (Å²) in [5, 5.41) is 0.496. The number of halogens is 6. The summed E-state index contributed by atoms with van der Waals surface area (Å²) in [5.74, 6) is 0. The highest BCUT2D eigenvalue weighted by Gasteiger charge is 2.31. The molecule has 0 saturated carbocycles. The number of benzene rings is 1. The standard InChI is InChI=1S/C12H5Cl3F3N/c13-9-2-6(3-10(14)11(9)15)7-1-8(5-19-4-7)12(16,17)18/h1-5H. The molecule has 0 amide bonds. The van der Waals surface area contributed by atoms with Crippen LogP contribution in [0.25, 0.3) is 11.1 Å². The Hall–Kier alpha value is -0.970. The zero-order valence-corrected chi connectivity index (χ0v) is 11.4. The van der Waals surface area contributed by atoms with Crippen molar-refractivity contribution < 1.29 is 13.2 Å². The topological polar surface area (TPSA) is 12.9 Å². The van der Waals surface area contributed by atoms with Gasteiger partial charge in [-0.05, 0) is 23.8 Å². The molecule has 1 heterocycles. The van der Waals surface area contributed by atoms with E-state index in [4.69, 9.17) is 34.8 Å². The van der Waals surface area contributed by atoms with E-state index in [-0.39, 0.29) is 20.6 Å². The first-order valence-corrected chi connectivity index (χ1v) is 6.09. The number of alkyl halides is 3. The van der Waals surface area contributed by atoms with Gasteiger partial charge in [-0.3, -0.25) is 4.98 Å². The lowest BCUT2D eigenvalue weighted by Gasteiger charge is -2.09. The smallest absolute Gasteiger partial charge is 0.263 e. The number of nitrogens with zero attached hydrogens (tertiary/aromatic N) is 1. The van der Waals surface area contributed by atoms with Crippen LogP contribution in [0, 0.1) is 0 Å². The van der Waals surface area contributed by atoms with Gasteiger partial charge in [0.25, 0.3) is 0 Å². The Morgan fingerprint density at radius 2 is 1.42 bits per heavy atom.